The number of hydrogen-bond donors (Lipinski definition) is 2. The summed E-state index contributed by atoms with van der Waals surface area (Å²) < 4.78 is 10.8. The van der Waals surface area contributed by atoms with Gasteiger partial charge >= 0.3 is 11.9 Å². The minimum atomic E-state index is -0.443. The number of ether oxygens (including phenoxy) is 2. The van der Waals surface area contributed by atoms with Gasteiger partial charge < -0.3 is 19.4 Å². The first-order valence-corrected chi connectivity index (χ1v) is 9.96. The van der Waals surface area contributed by atoms with Crippen LogP contribution in [0.3, 0.4) is 0 Å². The van der Waals surface area contributed by atoms with Crippen LogP contribution < -0.4 is 0 Å². The number of carbonyl (C=O) groups excluding carboxylic acids is 2. The van der Waals surface area contributed by atoms with Crippen molar-refractivity contribution in [2.75, 3.05) is 13.2 Å². The smallest absolute Gasteiger partial charge is 0.342 e. The van der Waals surface area contributed by atoms with E-state index >= 15 is 0 Å². The number of carbonyl (C=O) groups is 2. The van der Waals surface area contributed by atoms with Crippen molar-refractivity contribution in [3.05, 3.63) is 59.7 Å². The standard InChI is InChI=1S/C24H20N2O4/c1-3-29-23(27)19-17-13-9-5-7-11-15(13)25-21(17)20(24(28)30-4-2)22-18(19)14-10-6-8-12-16(14)26-22/h5-12,25-26H,3-4H2,1-2H3. The zero-order valence-corrected chi connectivity index (χ0v) is 16.7. The Balaban J connectivity index is 2.08. The largest absolute Gasteiger partial charge is 0.462 e. The number of nitrogens with one attached hydrogen (secondary N) is 2. The van der Waals surface area contributed by atoms with Crippen molar-refractivity contribution in [2.45, 2.75) is 13.8 Å². The molecular weight excluding hydrogens is 380 g/mol. The summed E-state index contributed by atoms with van der Waals surface area (Å²) in [4.78, 5) is 32.9. The van der Waals surface area contributed by atoms with E-state index in [1.54, 1.807) is 13.8 Å². The molecule has 0 aliphatic heterocycles. The average Bonchev–Trinajstić information content (AvgIpc) is 3.30. The molecule has 2 heterocycles. The molecule has 0 atom stereocenters. The summed E-state index contributed by atoms with van der Waals surface area (Å²) in [6.07, 6.45) is 0. The summed E-state index contributed by atoms with van der Waals surface area (Å²) in [6, 6.07) is 15.4. The highest BCUT2D eigenvalue weighted by atomic mass is 16.5. The van der Waals surface area contributed by atoms with Crippen LogP contribution in [0.2, 0.25) is 0 Å². The highest BCUT2D eigenvalue weighted by Crippen LogP contribution is 2.41. The molecule has 0 amide bonds. The van der Waals surface area contributed by atoms with Crippen LogP contribution in [-0.4, -0.2) is 35.1 Å². The van der Waals surface area contributed by atoms with Crippen LogP contribution in [0.15, 0.2) is 48.5 Å². The second-order valence-electron chi connectivity index (χ2n) is 7.03. The highest BCUT2D eigenvalue weighted by molar-refractivity contribution is 6.33. The van der Waals surface area contributed by atoms with Gasteiger partial charge in [0.1, 0.15) is 5.56 Å². The van der Waals surface area contributed by atoms with E-state index in [2.05, 4.69) is 9.97 Å². The number of hydrogen-bond acceptors (Lipinski definition) is 4. The molecule has 2 aromatic heterocycles. The van der Waals surface area contributed by atoms with Gasteiger partial charge in [-0.3, -0.25) is 0 Å². The molecule has 3 aromatic carbocycles. The molecule has 0 aliphatic carbocycles. The molecule has 0 aliphatic rings. The maximum Gasteiger partial charge on any atom is 0.342 e. The molecule has 5 aromatic rings. The Hall–Kier alpha value is -3.80. The Morgan fingerprint density at radius 2 is 1.13 bits per heavy atom. The van der Waals surface area contributed by atoms with Crippen LogP contribution in [0, 0.1) is 0 Å². The lowest BCUT2D eigenvalue weighted by molar-refractivity contribution is 0.0518. The summed E-state index contributed by atoms with van der Waals surface area (Å²) in [5, 5.41) is 3.05. The molecule has 0 fully saturated rings. The number of rotatable bonds is 4. The van der Waals surface area contributed by atoms with Gasteiger partial charge in [-0.05, 0) is 26.0 Å². The van der Waals surface area contributed by atoms with Crippen molar-refractivity contribution in [1.29, 1.82) is 0 Å². The SMILES string of the molecule is CCOC(=O)c1c2[nH]c3ccccc3c2c(C(=O)OCC)c2c1[nH]c1ccccc12. The van der Waals surface area contributed by atoms with Gasteiger partial charge in [-0.2, -0.15) is 0 Å². The molecule has 30 heavy (non-hydrogen) atoms. The third kappa shape index (κ3) is 2.50. The van der Waals surface area contributed by atoms with E-state index in [1.807, 2.05) is 48.5 Å². The minimum absolute atomic E-state index is 0.252. The molecule has 0 spiro atoms. The van der Waals surface area contributed by atoms with Crippen molar-refractivity contribution >= 4 is 55.6 Å². The molecule has 0 saturated heterocycles. The second kappa shape index (κ2) is 6.91. The fourth-order valence-electron chi connectivity index (χ4n) is 4.24. The second-order valence-corrected chi connectivity index (χ2v) is 7.03. The molecule has 150 valence electrons. The van der Waals surface area contributed by atoms with Crippen LogP contribution in [0.25, 0.3) is 43.6 Å². The number of aromatic nitrogens is 2. The Labute approximate surface area is 171 Å². The third-order valence-electron chi connectivity index (χ3n) is 5.37. The van der Waals surface area contributed by atoms with Crippen molar-refractivity contribution in [2.24, 2.45) is 0 Å². The van der Waals surface area contributed by atoms with Gasteiger partial charge in [0, 0.05) is 32.6 Å². The van der Waals surface area contributed by atoms with E-state index in [0.29, 0.717) is 32.9 Å². The van der Waals surface area contributed by atoms with Crippen LogP contribution >= 0.6 is 0 Å². The van der Waals surface area contributed by atoms with Crippen LogP contribution in [0.1, 0.15) is 34.6 Å². The highest BCUT2D eigenvalue weighted by Gasteiger charge is 2.29. The molecule has 0 unspecified atom stereocenters. The summed E-state index contributed by atoms with van der Waals surface area (Å²) in [7, 11) is 0. The van der Waals surface area contributed by atoms with Gasteiger partial charge in [0.2, 0.25) is 0 Å². The summed E-state index contributed by atoms with van der Waals surface area (Å²) >= 11 is 0. The Bertz CT molecular complexity index is 1370. The first kappa shape index (κ1) is 18.2. The predicted octanol–water partition coefficient (Wildman–Crippen LogP) is 5.31. The van der Waals surface area contributed by atoms with Gasteiger partial charge in [-0.15, -0.1) is 0 Å². The molecule has 0 bridgehead atoms. The predicted molar refractivity (Wildman–Crippen MR) is 117 cm³/mol. The molecule has 6 heteroatoms. The summed E-state index contributed by atoms with van der Waals surface area (Å²) in [5.74, 6) is -0.863. The number of benzene rings is 3. The summed E-state index contributed by atoms with van der Waals surface area (Å²) in [5.41, 5.74) is 3.64. The van der Waals surface area contributed by atoms with Crippen molar-refractivity contribution in [3.8, 4) is 0 Å². The van der Waals surface area contributed by atoms with E-state index in [1.165, 1.54) is 0 Å². The van der Waals surface area contributed by atoms with Crippen molar-refractivity contribution in [3.63, 3.8) is 0 Å². The number of fused-ring (bicyclic) bond motifs is 6. The lowest BCUT2D eigenvalue weighted by atomic mass is 9.96. The molecule has 6 nitrogen and oxygen atoms in total. The number of aromatic amines is 2. The first-order valence-electron chi connectivity index (χ1n) is 9.96. The van der Waals surface area contributed by atoms with Crippen LogP contribution in [0.4, 0.5) is 0 Å². The van der Waals surface area contributed by atoms with Crippen LogP contribution in [-0.2, 0) is 9.47 Å². The van der Waals surface area contributed by atoms with E-state index in [4.69, 9.17) is 9.47 Å². The third-order valence-corrected chi connectivity index (χ3v) is 5.37. The van der Waals surface area contributed by atoms with E-state index < -0.39 is 11.9 Å². The van der Waals surface area contributed by atoms with E-state index in [-0.39, 0.29) is 13.2 Å². The number of H-pyrrole nitrogens is 2. The van der Waals surface area contributed by atoms with Gasteiger partial charge in [0.05, 0.1) is 29.8 Å². The summed E-state index contributed by atoms with van der Waals surface area (Å²) in [6.45, 7) is 4.06. The molecule has 0 radical (unpaired) electrons. The van der Waals surface area contributed by atoms with E-state index in [9.17, 15) is 9.59 Å². The van der Waals surface area contributed by atoms with E-state index in [0.717, 1.165) is 21.8 Å². The molecule has 2 N–H and O–H groups in total. The van der Waals surface area contributed by atoms with Gasteiger partial charge in [-0.1, -0.05) is 36.4 Å². The minimum Gasteiger partial charge on any atom is -0.462 e. The van der Waals surface area contributed by atoms with Crippen LogP contribution in [0.5, 0.6) is 0 Å². The number of esters is 2. The quantitative estimate of drug-likeness (QED) is 0.401. The molecule has 5 rings (SSSR count). The van der Waals surface area contributed by atoms with Crippen molar-refractivity contribution < 1.29 is 19.1 Å². The fraction of sp³-hybridized carbons (Fsp3) is 0.167. The molecule has 0 saturated carbocycles. The zero-order valence-electron chi connectivity index (χ0n) is 16.7. The van der Waals surface area contributed by atoms with Crippen molar-refractivity contribution in [1.82, 2.24) is 9.97 Å². The first-order chi connectivity index (χ1) is 14.7. The number of para-hydroxylation sites is 2. The monoisotopic (exact) mass is 400 g/mol. The fourth-order valence-corrected chi connectivity index (χ4v) is 4.24. The van der Waals surface area contributed by atoms with Gasteiger partial charge in [-0.25, -0.2) is 9.59 Å². The lowest BCUT2D eigenvalue weighted by Crippen LogP contribution is -2.10. The Morgan fingerprint density at radius 3 is 1.60 bits per heavy atom. The lowest BCUT2D eigenvalue weighted by Gasteiger charge is -2.11. The maximum atomic E-state index is 13.2. The Kier molecular flexibility index (Phi) is 4.20. The average molecular weight is 400 g/mol. The topological polar surface area (TPSA) is 84.2 Å². The molecular formula is C24H20N2O4. The van der Waals surface area contributed by atoms with Gasteiger partial charge in [0.15, 0.2) is 0 Å². The maximum absolute atomic E-state index is 13.2. The zero-order chi connectivity index (χ0) is 20.8. The normalized spacial score (nSPS) is 11.5. The van der Waals surface area contributed by atoms with Gasteiger partial charge in [0.25, 0.3) is 0 Å². The Morgan fingerprint density at radius 1 is 0.700 bits per heavy atom.